The van der Waals surface area contributed by atoms with E-state index >= 15 is 0 Å². The van der Waals surface area contributed by atoms with Gasteiger partial charge >= 0.3 is 0 Å². The number of hydrogen-bond acceptors (Lipinski definition) is 4. The molecular formula is C12H15NO3. The van der Waals surface area contributed by atoms with E-state index in [1.54, 1.807) is 7.11 Å². The summed E-state index contributed by atoms with van der Waals surface area (Å²) in [5, 5.41) is 3.43. The van der Waals surface area contributed by atoms with Crippen LogP contribution in [-0.4, -0.2) is 20.4 Å². The zero-order valence-electron chi connectivity index (χ0n) is 9.50. The van der Waals surface area contributed by atoms with Gasteiger partial charge in [-0.25, -0.2) is 0 Å². The topological polar surface area (TPSA) is 39.7 Å². The lowest BCUT2D eigenvalue weighted by Gasteiger charge is -2.25. The van der Waals surface area contributed by atoms with Crippen LogP contribution < -0.4 is 19.5 Å². The maximum atomic E-state index is 5.57. The standard InChI is InChI=1S/C12H15NO3/c1-7-10-8(3-4-13-7)5-9(14-2)11-12(10)16-6-15-11/h5,7,13H,3-4,6H2,1-2H3. The van der Waals surface area contributed by atoms with E-state index in [1.807, 2.05) is 0 Å². The first-order valence-corrected chi connectivity index (χ1v) is 5.54. The maximum Gasteiger partial charge on any atom is 0.231 e. The van der Waals surface area contributed by atoms with E-state index in [1.165, 1.54) is 11.1 Å². The number of fused-ring (bicyclic) bond motifs is 3. The smallest absolute Gasteiger partial charge is 0.231 e. The molecule has 3 rings (SSSR count). The van der Waals surface area contributed by atoms with Gasteiger partial charge in [0.15, 0.2) is 11.5 Å². The number of hydrogen-bond donors (Lipinski definition) is 1. The molecule has 0 saturated heterocycles. The number of benzene rings is 1. The van der Waals surface area contributed by atoms with E-state index in [4.69, 9.17) is 14.2 Å². The fourth-order valence-electron chi connectivity index (χ4n) is 2.47. The van der Waals surface area contributed by atoms with Gasteiger partial charge in [0.25, 0.3) is 0 Å². The summed E-state index contributed by atoms with van der Waals surface area (Å²) in [6, 6.07) is 2.38. The molecule has 16 heavy (non-hydrogen) atoms. The van der Waals surface area contributed by atoms with E-state index in [0.717, 1.165) is 30.2 Å². The Balaban J connectivity index is 2.21. The van der Waals surface area contributed by atoms with Crippen molar-refractivity contribution < 1.29 is 14.2 Å². The summed E-state index contributed by atoms with van der Waals surface area (Å²) in [7, 11) is 1.66. The van der Waals surface area contributed by atoms with Gasteiger partial charge in [-0.05, 0) is 31.5 Å². The monoisotopic (exact) mass is 221 g/mol. The minimum Gasteiger partial charge on any atom is -0.493 e. The first-order valence-electron chi connectivity index (χ1n) is 5.54. The Kier molecular flexibility index (Phi) is 2.17. The predicted molar refractivity (Wildman–Crippen MR) is 59.2 cm³/mol. The number of ether oxygens (including phenoxy) is 3. The normalized spacial score (nSPS) is 21.8. The van der Waals surface area contributed by atoms with Gasteiger partial charge in [-0.15, -0.1) is 0 Å². The summed E-state index contributed by atoms with van der Waals surface area (Å²) in [6.45, 7) is 3.43. The highest BCUT2D eigenvalue weighted by Crippen LogP contribution is 2.48. The molecule has 1 aromatic rings. The van der Waals surface area contributed by atoms with Crippen LogP contribution in [0, 0.1) is 0 Å². The highest BCUT2D eigenvalue weighted by molar-refractivity contribution is 5.61. The number of nitrogens with one attached hydrogen (secondary N) is 1. The van der Waals surface area contributed by atoms with Crippen molar-refractivity contribution in [1.29, 1.82) is 0 Å². The summed E-state index contributed by atoms with van der Waals surface area (Å²) < 4.78 is 16.4. The lowest BCUT2D eigenvalue weighted by atomic mass is 9.93. The molecule has 0 spiro atoms. The van der Waals surface area contributed by atoms with Crippen LogP contribution in [0.4, 0.5) is 0 Å². The van der Waals surface area contributed by atoms with E-state index in [2.05, 4.69) is 18.3 Å². The van der Waals surface area contributed by atoms with Gasteiger partial charge in [-0.1, -0.05) is 0 Å². The van der Waals surface area contributed by atoms with Crippen molar-refractivity contribution in [3.63, 3.8) is 0 Å². The van der Waals surface area contributed by atoms with E-state index in [9.17, 15) is 0 Å². The van der Waals surface area contributed by atoms with Crippen LogP contribution in [0.25, 0.3) is 0 Å². The van der Waals surface area contributed by atoms with Crippen molar-refractivity contribution >= 4 is 0 Å². The first-order chi connectivity index (χ1) is 7.81. The lowest BCUT2D eigenvalue weighted by Crippen LogP contribution is -2.28. The second-order valence-electron chi connectivity index (χ2n) is 4.14. The van der Waals surface area contributed by atoms with Crippen LogP contribution in [0.15, 0.2) is 6.07 Å². The van der Waals surface area contributed by atoms with E-state index < -0.39 is 0 Å². The summed E-state index contributed by atoms with van der Waals surface area (Å²) >= 11 is 0. The zero-order valence-corrected chi connectivity index (χ0v) is 9.50. The molecule has 1 atom stereocenters. The minimum atomic E-state index is 0.287. The summed E-state index contributed by atoms with van der Waals surface area (Å²) in [4.78, 5) is 0. The van der Waals surface area contributed by atoms with E-state index in [-0.39, 0.29) is 6.79 Å². The molecule has 0 bridgehead atoms. The lowest BCUT2D eigenvalue weighted by molar-refractivity contribution is 0.170. The van der Waals surface area contributed by atoms with Gasteiger partial charge in [-0.3, -0.25) is 0 Å². The van der Waals surface area contributed by atoms with Gasteiger partial charge < -0.3 is 19.5 Å². The molecule has 0 aliphatic carbocycles. The van der Waals surface area contributed by atoms with Crippen molar-refractivity contribution in [3.05, 3.63) is 17.2 Å². The average Bonchev–Trinajstić information content (AvgIpc) is 2.76. The molecule has 2 heterocycles. The number of methoxy groups -OCH3 is 1. The van der Waals surface area contributed by atoms with Crippen LogP contribution in [0.2, 0.25) is 0 Å². The van der Waals surface area contributed by atoms with Crippen molar-refractivity contribution in [1.82, 2.24) is 5.32 Å². The molecular weight excluding hydrogens is 206 g/mol. The largest absolute Gasteiger partial charge is 0.493 e. The maximum absolute atomic E-state index is 5.57. The molecule has 1 aromatic carbocycles. The van der Waals surface area contributed by atoms with Gasteiger partial charge in [0, 0.05) is 11.6 Å². The van der Waals surface area contributed by atoms with Gasteiger partial charge in [-0.2, -0.15) is 0 Å². The second-order valence-corrected chi connectivity index (χ2v) is 4.14. The Bertz CT molecular complexity index is 431. The van der Waals surface area contributed by atoms with Crippen molar-refractivity contribution in [3.8, 4) is 17.2 Å². The molecule has 2 aliphatic heterocycles. The summed E-state index contributed by atoms with van der Waals surface area (Å²) in [5.41, 5.74) is 2.52. The molecule has 4 heteroatoms. The quantitative estimate of drug-likeness (QED) is 0.782. The molecule has 2 aliphatic rings. The molecule has 1 unspecified atom stereocenters. The van der Waals surface area contributed by atoms with Crippen LogP contribution in [0.5, 0.6) is 17.2 Å². The fourth-order valence-corrected chi connectivity index (χ4v) is 2.47. The summed E-state index contributed by atoms with van der Waals surface area (Å²) in [6.07, 6.45) is 1.01. The van der Waals surface area contributed by atoms with Crippen molar-refractivity contribution in [2.75, 3.05) is 20.4 Å². The third-order valence-corrected chi connectivity index (χ3v) is 3.23. The van der Waals surface area contributed by atoms with E-state index in [0.29, 0.717) is 6.04 Å². The zero-order chi connectivity index (χ0) is 11.1. The highest BCUT2D eigenvalue weighted by atomic mass is 16.7. The Morgan fingerprint density at radius 2 is 2.19 bits per heavy atom. The van der Waals surface area contributed by atoms with Crippen LogP contribution in [-0.2, 0) is 6.42 Å². The molecule has 0 saturated carbocycles. The first kappa shape index (κ1) is 9.78. The molecule has 0 radical (unpaired) electrons. The molecule has 86 valence electrons. The Morgan fingerprint density at radius 3 is 3.00 bits per heavy atom. The summed E-state index contributed by atoms with van der Waals surface area (Å²) in [5.74, 6) is 2.38. The molecule has 1 N–H and O–H groups in total. The van der Waals surface area contributed by atoms with Gasteiger partial charge in [0.1, 0.15) is 0 Å². The number of rotatable bonds is 1. The fraction of sp³-hybridized carbons (Fsp3) is 0.500. The SMILES string of the molecule is COc1cc2c(c3c1OCO3)C(C)NCC2. The molecule has 0 fully saturated rings. The Morgan fingerprint density at radius 1 is 1.38 bits per heavy atom. The molecule has 0 aromatic heterocycles. The van der Waals surface area contributed by atoms with Crippen molar-refractivity contribution in [2.45, 2.75) is 19.4 Å². The van der Waals surface area contributed by atoms with Crippen LogP contribution >= 0.6 is 0 Å². The molecule has 4 nitrogen and oxygen atoms in total. The second kappa shape index (κ2) is 3.56. The average molecular weight is 221 g/mol. The third kappa shape index (κ3) is 1.26. The highest BCUT2D eigenvalue weighted by Gasteiger charge is 2.30. The minimum absolute atomic E-state index is 0.287. The van der Waals surface area contributed by atoms with Gasteiger partial charge in [0.2, 0.25) is 12.5 Å². The van der Waals surface area contributed by atoms with Crippen LogP contribution in [0.3, 0.4) is 0 Å². The Hall–Kier alpha value is -1.42. The third-order valence-electron chi connectivity index (χ3n) is 3.23. The Labute approximate surface area is 94.5 Å². The molecule has 0 amide bonds. The van der Waals surface area contributed by atoms with Gasteiger partial charge in [0.05, 0.1) is 7.11 Å². The van der Waals surface area contributed by atoms with Crippen molar-refractivity contribution in [2.24, 2.45) is 0 Å². The predicted octanol–water partition coefficient (Wildman–Crippen LogP) is 1.63. The van der Waals surface area contributed by atoms with Crippen LogP contribution in [0.1, 0.15) is 24.1 Å².